The highest BCUT2D eigenvalue weighted by Gasteiger charge is 2.18. The van der Waals surface area contributed by atoms with Crippen LogP contribution in [0.15, 0.2) is 223 Å². The van der Waals surface area contributed by atoms with E-state index in [0.717, 1.165) is 70.9 Å². The van der Waals surface area contributed by atoms with Crippen LogP contribution in [0, 0.1) is 0 Å². The Morgan fingerprint density at radius 1 is 0.377 bits per heavy atom. The summed E-state index contributed by atoms with van der Waals surface area (Å²) in [6.07, 6.45) is 0. The molecule has 0 amide bonds. The third-order valence-corrected chi connectivity index (χ3v) is 13.0. The summed E-state index contributed by atoms with van der Waals surface area (Å²) in [5.74, 6) is 0. The summed E-state index contributed by atoms with van der Waals surface area (Å²) in [5.41, 5.74) is 14.2. The summed E-state index contributed by atoms with van der Waals surface area (Å²) < 4.78 is 7.55. The number of anilines is 3. The lowest BCUT2D eigenvalue weighted by molar-refractivity contribution is 0.669. The molecule has 0 aliphatic carbocycles. The van der Waals surface area contributed by atoms with Crippen molar-refractivity contribution in [1.29, 1.82) is 0 Å². The van der Waals surface area contributed by atoms with E-state index < -0.39 is 0 Å². The predicted octanol–water partition coefficient (Wildman–Crippen LogP) is 16.6. The molecular formula is C57H36N2OS. The number of hydrogen-bond donors (Lipinski definition) is 0. The van der Waals surface area contributed by atoms with Crippen LogP contribution in [-0.2, 0) is 0 Å². The van der Waals surface area contributed by atoms with Gasteiger partial charge in [-0.05, 0) is 122 Å². The van der Waals surface area contributed by atoms with Gasteiger partial charge in [0.15, 0.2) is 0 Å². The summed E-state index contributed by atoms with van der Waals surface area (Å²) in [6, 6.07) is 78.2. The fourth-order valence-corrected chi connectivity index (χ4v) is 10.0. The molecule has 0 N–H and O–H groups in total. The molecule has 0 radical (unpaired) electrons. The van der Waals surface area contributed by atoms with Gasteiger partial charge in [0, 0.05) is 33.4 Å². The van der Waals surface area contributed by atoms with Crippen molar-refractivity contribution in [2.45, 2.75) is 0 Å². The van der Waals surface area contributed by atoms with E-state index in [1.165, 1.54) is 43.8 Å². The zero-order chi connectivity index (χ0) is 40.3. The highest BCUT2D eigenvalue weighted by Crippen LogP contribution is 2.43. The Balaban J connectivity index is 0.946. The van der Waals surface area contributed by atoms with E-state index in [1.807, 2.05) is 6.07 Å². The number of furan rings is 1. The number of fused-ring (bicyclic) bond motifs is 8. The number of nitrogens with zero attached hydrogens (tertiary/aromatic N) is 2. The van der Waals surface area contributed by atoms with Crippen molar-refractivity contribution in [3.05, 3.63) is 218 Å². The van der Waals surface area contributed by atoms with Gasteiger partial charge in [-0.1, -0.05) is 152 Å². The maximum atomic E-state index is 6.41. The van der Waals surface area contributed by atoms with Gasteiger partial charge in [0.1, 0.15) is 16.2 Å². The van der Waals surface area contributed by atoms with E-state index in [4.69, 9.17) is 9.40 Å². The normalized spacial score (nSPS) is 11.6. The molecule has 0 saturated heterocycles. The zero-order valence-corrected chi connectivity index (χ0v) is 33.8. The van der Waals surface area contributed by atoms with E-state index in [0.29, 0.717) is 0 Å². The molecule has 2 heterocycles. The van der Waals surface area contributed by atoms with E-state index >= 15 is 0 Å². The largest absolute Gasteiger partial charge is 0.456 e. The maximum absolute atomic E-state index is 6.41. The van der Waals surface area contributed by atoms with Crippen LogP contribution in [0.25, 0.3) is 97.7 Å². The molecule has 3 nitrogen and oxygen atoms in total. The molecule has 0 saturated carbocycles. The van der Waals surface area contributed by atoms with Crippen LogP contribution in [-0.4, -0.2) is 4.98 Å². The Labute approximate surface area is 357 Å². The summed E-state index contributed by atoms with van der Waals surface area (Å²) in [6.45, 7) is 0. The molecule has 0 bridgehead atoms. The highest BCUT2D eigenvalue weighted by molar-refractivity contribution is 7.22. The van der Waals surface area contributed by atoms with Crippen molar-refractivity contribution in [1.82, 2.24) is 4.98 Å². The monoisotopic (exact) mass is 796 g/mol. The molecule has 10 aromatic carbocycles. The van der Waals surface area contributed by atoms with Crippen molar-refractivity contribution in [3.8, 4) is 44.0 Å². The van der Waals surface area contributed by atoms with Gasteiger partial charge in [0.05, 0.1) is 10.2 Å². The first-order valence-electron chi connectivity index (χ1n) is 20.6. The third-order valence-electron chi connectivity index (χ3n) is 11.9. The average molecular weight is 797 g/mol. The lowest BCUT2D eigenvalue weighted by Gasteiger charge is -2.26. The van der Waals surface area contributed by atoms with Crippen LogP contribution >= 0.6 is 11.3 Å². The van der Waals surface area contributed by atoms with Crippen molar-refractivity contribution in [2.75, 3.05) is 4.90 Å². The second kappa shape index (κ2) is 14.5. The SMILES string of the molecule is c1ccc(-c2cccc(N(c3ccc(-c4ccc5oc6ccc7nc(-c8ccccc8)sc7c6c5c4)cc3)c3ccc(-c4cc5ccccc5c5ccccc45)cc3)c2)cc1. The maximum Gasteiger partial charge on any atom is 0.137 e. The molecule has 2 aromatic heterocycles. The third kappa shape index (κ3) is 6.16. The standard InChI is InChI=1S/C57H36N2OS/c1-3-12-37(13-4-1)41-17-11-18-46(34-41)59(45-29-24-39(25-30-45)50-36-43-16-7-8-19-47(43)48-20-9-10-21-49(48)50)44-27-22-38(23-28-44)42-26-32-53-51(35-42)55-54(60-53)33-31-52-56(55)61-57(58-52)40-14-5-2-6-15-40/h1-36H. The topological polar surface area (TPSA) is 29.3 Å². The van der Waals surface area contributed by atoms with Crippen LogP contribution < -0.4 is 4.90 Å². The predicted molar refractivity (Wildman–Crippen MR) is 258 cm³/mol. The highest BCUT2D eigenvalue weighted by atomic mass is 32.1. The van der Waals surface area contributed by atoms with Gasteiger partial charge in [-0.2, -0.15) is 0 Å². The molecule has 0 atom stereocenters. The first kappa shape index (κ1) is 35.2. The van der Waals surface area contributed by atoms with Crippen molar-refractivity contribution >= 4 is 82.1 Å². The number of rotatable bonds is 7. The molecule has 0 aliphatic heterocycles. The van der Waals surface area contributed by atoms with E-state index in [2.05, 4.69) is 217 Å². The first-order chi connectivity index (χ1) is 30.2. The Morgan fingerprint density at radius 2 is 0.967 bits per heavy atom. The Kier molecular flexibility index (Phi) is 8.36. The van der Waals surface area contributed by atoms with Gasteiger partial charge < -0.3 is 9.32 Å². The molecule has 0 fully saturated rings. The number of thiazole rings is 1. The van der Waals surface area contributed by atoms with Crippen molar-refractivity contribution < 1.29 is 4.42 Å². The summed E-state index contributed by atoms with van der Waals surface area (Å²) in [4.78, 5) is 7.37. The second-order valence-electron chi connectivity index (χ2n) is 15.5. The molecule has 0 spiro atoms. The summed E-state index contributed by atoms with van der Waals surface area (Å²) in [5, 5.41) is 8.28. The number of aromatic nitrogens is 1. The van der Waals surface area contributed by atoms with E-state index in [1.54, 1.807) is 11.3 Å². The first-order valence-corrected chi connectivity index (χ1v) is 21.4. The minimum absolute atomic E-state index is 0.877. The number of benzene rings is 10. The lowest BCUT2D eigenvalue weighted by Crippen LogP contribution is -2.10. The van der Waals surface area contributed by atoms with Crippen molar-refractivity contribution in [2.24, 2.45) is 0 Å². The van der Waals surface area contributed by atoms with Gasteiger partial charge >= 0.3 is 0 Å². The van der Waals surface area contributed by atoms with Crippen LogP contribution in [0.3, 0.4) is 0 Å². The molecule has 12 rings (SSSR count). The minimum atomic E-state index is 0.877. The lowest BCUT2D eigenvalue weighted by atomic mass is 9.93. The smallest absolute Gasteiger partial charge is 0.137 e. The minimum Gasteiger partial charge on any atom is -0.456 e. The molecular weight excluding hydrogens is 761 g/mol. The Morgan fingerprint density at radius 3 is 1.74 bits per heavy atom. The van der Waals surface area contributed by atoms with Gasteiger partial charge in [0.25, 0.3) is 0 Å². The summed E-state index contributed by atoms with van der Waals surface area (Å²) >= 11 is 1.72. The average Bonchev–Trinajstić information content (AvgIpc) is 3.94. The molecule has 0 aliphatic rings. The fraction of sp³-hybridized carbons (Fsp3) is 0. The Hall–Kier alpha value is -7.79. The van der Waals surface area contributed by atoms with Gasteiger partial charge in [-0.3, -0.25) is 0 Å². The molecule has 0 unspecified atom stereocenters. The molecule has 286 valence electrons. The van der Waals surface area contributed by atoms with Crippen LogP contribution in [0.4, 0.5) is 17.1 Å². The van der Waals surface area contributed by atoms with Gasteiger partial charge in [-0.25, -0.2) is 4.98 Å². The van der Waals surface area contributed by atoms with Gasteiger partial charge in [-0.15, -0.1) is 11.3 Å². The molecule has 61 heavy (non-hydrogen) atoms. The van der Waals surface area contributed by atoms with Crippen molar-refractivity contribution in [3.63, 3.8) is 0 Å². The second-order valence-corrected chi connectivity index (χ2v) is 16.5. The van der Waals surface area contributed by atoms with Gasteiger partial charge in [0.2, 0.25) is 0 Å². The molecule has 12 aromatic rings. The number of hydrogen-bond acceptors (Lipinski definition) is 4. The molecule has 4 heteroatoms. The van der Waals surface area contributed by atoms with Crippen LogP contribution in [0.1, 0.15) is 0 Å². The van der Waals surface area contributed by atoms with Crippen LogP contribution in [0.5, 0.6) is 0 Å². The Bertz CT molecular complexity index is 3570. The van der Waals surface area contributed by atoms with E-state index in [9.17, 15) is 0 Å². The fourth-order valence-electron chi connectivity index (χ4n) is 8.92. The summed E-state index contributed by atoms with van der Waals surface area (Å²) in [7, 11) is 0. The van der Waals surface area contributed by atoms with Crippen LogP contribution in [0.2, 0.25) is 0 Å². The quantitative estimate of drug-likeness (QED) is 0.150. The zero-order valence-electron chi connectivity index (χ0n) is 33.0. The van der Waals surface area contributed by atoms with E-state index in [-0.39, 0.29) is 0 Å².